The van der Waals surface area contributed by atoms with E-state index in [1.54, 1.807) is 18.2 Å². The normalized spacial score (nSPS) is 10.7. The first kappa shape index (κ1) is 18.4. The number of phenols is 1. The first-order valence-electron chi connectivity index (χ1n) is 7.89. The van der Waals surface area contributed by atoms with Gasteiger partial charge in [-0.3, -0.25) is 0 Å². The van der Waals surface area contributed by atoms with Crippen LogP contribution in [0.4, 0.5) is 0 Å². The summed E-state index contributed by atoms with van der Waals surface area (Å²) in [7, 11) is 2.89. The number of methoxy groups -OCH3 is 2. The molecule has 0 saturated carbocycles. The van der Waals surface area contributed by atoms with Crippen molar-refractivity contribution in [3.8, 4) is 17.2 Å². The van der Waals surface area contributed by atoms with Gasteiger partial charge >= 0.3 is 5.97 Å². The van der Waals surface area contributed by atoms with Crippen molar-refractivity contribution in [2.45, 2.75) is 13.3 Å². The predicted molar refractivity (Wildman–Crippen MR) is 96.1 cm³/mol. The third kappa shape index (κ3) is 5.28. The topological polar surface area (TPSA) is 65.0 Å². The van der Waals surface area contributed by atoms with Crippen LogP contribution in [0.3, 0.4) is 0 Å². The van der Waals surface area contributed by atoms with Gasteiger partial charge < -0.3 is 19.3 Å². The summed E-state index contributed by atoms with van der Waals surface area (Å²) in [6, 6.07) is 11.3. The molecule has 0 bridgehead atoms. The lowest BCUT2D eigenvalue weighted by Crippen LogP contribution is -2.04. The van der Waals surface area contributed by atoms with Crippen LogP contribution in [0.15, 0.2) is 42.5 Å². The molecule has 0 atom stereocenters. The van der Waals surface area contributed by atoms with Gasteiger partial charge in [0, 0.05) is 12.5 Å². The third-order valence-electron chi connectivity index (χ3n) is 3.67. The van der Waals surface area contributed by atoms with E-state index in [0.29, 0.717) is 18.6 Å². The van der Waals surface area contributed by atoms with Crippen LogP contribution in [0.1, 0.15) is 16.7 Å². The molecule has 132 valence electrons. The molecule has 0 aromatic heterocycles. The van der Waals surface area contributed by atoms with E-state index in [1.165, 1.54) is 25.9 Å². The van der Waals surface area contributed by atoms with Crippen LogP contribution in [-0.2, 0) is 16.0 Å². The Balaban J connectivity index is 1.92. The molecule has 0 radical (unpaired) electrons. The zero-order valence-electron chi connectivity index (χ0n) is 14.6. The van der Waals surface area contributed by atoms with Crippen LogP contribution in [0.25, 0.3) is 6.08 Å². The van der Waals surface area contributed by atoms with Gasteiger partial charge in [0.25, 0.3) is 0 Å². The first-order valence-corrected chi connectivity index (χ1v) is 7.89. The summed E-state index contributed by atoms with van der Waals surface area (Å²) in [5.74, 6) is 0.0272. The van der Waals surface area contributed by atoms with Gasteiger partial charge in [0.1, 0.15) is 0 Å². The molecule has 2 rings (SSSR count). The van der Waals surface area contributed by atoms with Crippen LogP contribution >= 0.6 is 0 Å². The largest absolute Gasteiger partial charge is 0.502 e. The van der Waals surface area contributed by atoms with Gasteiger partial charge in [-0.2, -0.15) is 0 Å². The molecule has 5 nitrogen and oxygen atoms in total. The molecule has 0 heterocycles. The molecule has 2 aromatic rings. The fourth-order valence-electron chi connectivity index (χ4n) is 2.25. The van der Waals surface area contributed by atoms with E-state index in [9.17, 15) is 9.90 Å². The molecule has 0 aliphatic rings. The number of carbonyl (C=O) groups excluding carboxylic acids is 1. The lowest BCUT2D eigenvalue weighted by atomic mass is 10.1. The third-order valence-corrected chi connectivity index (χ3v) is 3.67. The second kappa shape index (κ2) is 8.78. The highest BCUT2D eigenvalue weighted by Gasteiger charge is 2.10. The monoisotopic (exact) mass is 342 g/mol. The highest BCUT2D eigenvalue weighted by molar-refractivity contribution is 5.87. The Morgan fingerprint density at radius 1 is 1.08 bits per heavy atom. The van der Waals surface area contributed by atoms with E-state index < -0.39 is 5.97 Å². The molecule has 0 spiro atoms. The highest BCUT2D eigenvalue weighted by Crippen LogP contribution is 2.37. The molecule has 0 aliphatic heterocycles. The minimum atomic E-state index is -0.432. The molecular weight excluding hydrogens is 320 g/mol. The molecule has 2 aromatic carbocycles. The smallest absolute Gasteiger partial charge is 0.330 e. The lowest BCUT2D eigenvalue weighted by Gasteiger charge is -2.09. The predicted octanol–water partition coefficient (Wildman–Crippen LogP) is 3.52. The summed E-state index contributed by atoms with van der Waals surface area (Å²) in [5, 5.41) is 9.87. The van der Waals surface area contributed by atoms with E-state index in [-0.39, 0.29) is 17.2 Å². The lowest BCUT2D eigenvalue weighted by molar-refractivity contribution is -0.137. The second-order valence-electron chi connectivity index (χ2n) is 5.51. The van der Waals surface area contributed by atoms with Crippen molar-refractivity contribution in [3.63, 3.8) is 0 Å². The van der Waals surface area contributed by atoms with Crippen LogP contribution in [-0.4, -0.2) is 31.9 Å². The molecule has 1 N–H and O–H groups in total. The van der Waals surface area contributed by atoms with E-state index in [1.807, 2.05) is 31.2 Å². The van der Waals surface area contributed by atoms with Crippen LogP contribution in [0, 0.1) is 6.92 Å². The van der Waals surface area contributed by atoms with Crippen molar-refractivity contribution in [2.24, 2.45) is 0 Å². The van der Waals surface area contributed by atoms with Crippen LogP contribution in [0.5, 0.6) is 17.2 Å². The summed E-state index contributed by atoms with van der Waals surface area (Å²) in [5.41, 5.74) is 2.97. The molecule has 0 fully saturated rings. The van der Waals surface area contributed by atoms with Crippen molar-refractivity contribution >= 4 is 12.0 Å². The Morgan fingerprint density at radius 3 is 2.24 bits per heavy atom. The second-order valence-corrected chi connectivity index (χ2v) is 5.51. The Morgan fingerprint density at radius 2 is 1.68 bits per heavy atom. The number of ether oxygens (including phenoxy) is 3. The van der Waals surface area contributed by atoms with Gasteiger partial charge in [0.05, 0.1) is 20.8 Å². The van der Waals surface area contributed by atoms with Crippen molar-refractivity contribution in [1.29, 1.82) is 0 Å². The Bertz CT molecular complexity index is 722. The van der Waals surface area contributed by atoms with E-state index in [0.717, 1.165) is 5.56 Å². The zero-order chi connectivity index (χ0) is 18.2. The molecule has 0 unspecified atom stereocenters. The van der Waals surface area contributed by atoms with Gasteiger partial charge in [-0.25, -0.2) is 4.79 Å². The summed E-state index contributed by atoms with van der Waals surface area (Å²) < 4.78 is 15.4. The molecule has 25 heavy (non-hydrogen) atoms. The van der Waals surface area contributed by atoms with E-state index in [4.69, 9.17) is 14.2 Å². The Labute approximate surface area is 147 Å². The number of hydrogen-bond acceptors (Lipinski definition) is 5. The van der Waals surface area contributed by atoms with Crippen molar-refractivity contribution in [3.05, 3.63) is 59.2 Å². The van der Waals surface area contributed by atoms with Gasteiger partial charge in [-0.1, -0.05) is 29.8 Å². The number of benzene rings is 2. The number of rotatable bonds is 7. The number of hydrogen-bond donors (Lipinski definition) is 1. The zero-order valence-corrected chi connectivity index (χ0v) is 14.6. The minimum absolute atomic E-state index is 0.0807. The quantitative estimate of drug-likeness (QED) is 0.616. The minimum Gasteiger partial charge on any atom is -0.502 e. The fourth-order valence-corrected chi connectivity index (χ4v) is 2.25. The summed E-state index contributed by atoms with van der Waals surface area (Å²) >= 11 is 0. The maximum atomic E-state index is 11.8. The van der Waals surface area contributed by atoms with Gasteiger partial charge in [-0.05, 0) is 36.3 Å². The van der Waals surface area contributed by atoms with Crippen molar-refractivity contribution in [2.75, 3.05) is 20.8 Å². The number of aryl methyl sites for hydroxylation is 1. The van der Waals surface area contributed by atoms with E-state index in [2.05, 4.69) is 0 Å². The summed E-state index contributed by atoms with van der Waals surface area (Å²) in [6.45, 7) is 2.34. The van der Waals surface area contributed by atoms with Crippen molar-refractivity contribution in [1.82, 2.24) is 0 Å². The number of esters is 1. The Kier molecular flexibility index (Phi) is 6.46. The van der Waals surface area contributed by atoms with Gasteiger partial charge in [0.2, 0.25) is 5.75 Å². The fraction of sp³-hybridized carbons (Fsp3) is 0.250. The number of phenolic OH excluding ortho intramolecular Hbond substituents is 1. The molecule has 0 aliphatic carbocycles. The van der Waals surface area contributed by atoms with Crippen LogP contribution in [0.2, 0.25) is 0 Å². The summed E-state index contributed by atoms with van der Waals surface area (Å²) in [6.07, 6.45) is 3.58. The molecule has 0 amide bonds. The standard InChI is InChI=1S/C20H22O5/c1-14-4-6-15(7-5-14)10-11-25-19(21)9-8-16-12-17(23-2)20(22)18(13-16)24-3/h4-9,12-13,22H,10-11H2,1-3H3/b9-8+. The molecule has 5 heteroatoms. The number of carbonyl (C=O) groups is 1. The average Bonchev–Trinajstić information content (AvgIpc) is 2.62. The maximum Gasteiger partial charge on any atom is 0.330 e. The van der Waals surface area contributed by atoms with Gasteiger partial charge in [0.15, 0.2) is 11.5 Å². The highest BCUT2D eigenvalue weighted by atomic mass is 16.5. The van der Waals surface area contributed by atoms with E-state index >= 15 is 0 Å². The number of aromatic hydroxyl groups is 1. The van der Waals surface area contributed by atoms with Crippen molar-refractivity contribution < 1.29 is 24.1 Å². The molecule has 0 saturated heterocycles. The molecular formula is C20H22O5. The maximum absolute atomic E-state index is 11.8. The van der Waals surface area contributed by atoms with Crippen LogP contribution < -0.4 is 9.47 Å². The summed E-state index contributed by atoms with van der Waals surface area (Å²) in [4.78, 5) is 11.8. The Hall–Kier alpha value is -2.95. The first-order chi connectivity index (χ1) is 12.0. The van der Waals surface area contributed by atoms with Gasteiger partial charge in [-0.15, -0.1) is 0 Å². The average molecular weight is 342 g/mol. The SMILES string of the molecule is COc1cc(/C=C/C(=O)OCCc2ccc(C)cc2)cc(OC)c1O.